The van der Waals surface area contributed by atoms with E-state index in [4.69, 9.17) is 9.47 Å². The second kappa shape index (κ2) is 9.76. The van der Waals surface area contributed by atoms with E-state index in [1.807, 2.05) is 0 Å². The molecule has 3 heteroatoms. The first-order valence-corrected chi connectivity index (χ1v) is 7.55. The molecule has 1 N–H and O–H groups in total. The topological polar surface area (TPSA) is 30.5 Å². The minimum absolute atomic E-state index is 0.526. The molecule has 3 nitrogen and oxygen atoms in total. The number of ether oxygens (including phenoxy) is 2. The number of nitrogens with one attached hydrogen (secondary N) is 1. The van der Waals surface area contributed by atoms with Crippen molar-refractivity contribution in [1.29, 1.82) is 0 Å². The molecule has 0 aromatic heterocycles. The van der Waals surface area contributed by atoms with Crippen molar-refractivity contribution in [3.05, 3.63) is 0 Å². The largest absolute Gasteiger partial charge is 0.383 e. The zero-order valence-electron chi connectivity index (χ0n) is 12.4. The highest BCUT2D eigenvalue weighted by atomic mass is 16.5. The van der Waals surface area contributed by atoms with Gasteiger partial charge in [-0.3, -0.25) is 0 Å². The quantitative estimate of drug-likeness (QED) is 0.644. The van der Waals surface area contributed by atoms with Gasteiger partial charge in [0.05, 0.1) is 12.7 Å². The standard InChI is InChI=1S/C15H31NO2/c1-13-6-7-15(12-14(13)2)18-10-5-4-8-16-9-11-17-3/h13-16H,4-12H2,1-3H3. The van der Waals surface area contributed by atoms with Gasteiger partial charge in [-0.1, -0.05) is 13.8 Å². The fourth-order valence-corrected chi connectivity index (χ4v) is 2.55. The van der Waals surface area contributed by atoms with Gasteiger partial charge in [0.2, 0.25) is 0 Å². The Labute approximate surface area is 113 Å². The van der Waals surface area contributed by atoms with Crippen molar-refractivity contribution in [2.24, 2.45) is 11.8 Å². The minimum Gasteiger partial charge on any atom is -0.383 e. The molecule has 1 aliphatic carbocycles. The lowest BCUT2D eigenvalue weighted by atomic mass is 9.80. The molecule has 0 radical (unpaired) electrons. The van der Waals surface area contributed by atoms with Crippen LogP contribution in [0.5, 0.6) is 0 Å². The Morgan fingerprint density at radius 1 is 1.00 bits per heavy atom. The second-order valence-corrected chi connectivity index (χ2v) is 5.71. The Hall–Kier alpha value is -0.120. The van der Waals surface area contributed by atoms with Gasteiger partial charge in [-0.15, -0.1) is 0 Å². The number of rotatable bonds is 9. The maximum Gasteiger partial charge on any atom is 0.0587 e. The van der Waals surface area contributed by atoms with Crippen molar-refractivity contribution in [3.8, 4) is 0 Å². The van der Waals surface area contributed by atoms with E-state index in [0.29, 0.717) is 6.10 Å². The van der Waals surface area contributed by atoms with Gasteiger partial charge in [0.15, 0.2) is 0 Å². The van der Waals surface area contributed by atoms with Crippen LogP contribution in [0.1, 0.15) is 46.0 Å². The molecule has 0 aromatic carbocycles. The fourth-order valence-electron chi connectivity index (χ4n) is 2.55. The summed E-state index contributed by atoms with van der Waals surface area (Å²) >= 11 is 0. The van der Waals surface area contributed by atoms with Crippen LogP contribution in [0.25, 0.3) is 0 Å². The Morgan fingerprint density at radius 2 is 1.83 bits per heavy atom. The summed E-state index contributed by atoms with van der Waals surface area (Å²) in [6.45, 7) is 8.49. The number of methoxy groups -OCH3 is 1. The third-order valence-corrected chi connectivity index (χ3v) is 4.13. The Morgan fingerprint density at radius 3 is 2.56 bits per heavy atom. The van der Waals surface area contributed by atoms with Crippen LogP contribution in [0.3, 0.4) is 0 Å². The average Bonchev–Trinajstić information content (AvgIpc) is 2.37. The van der Waals surface area contributed by atoms with Crippen LogP contribution in [0, 0.1) is 11.8 Å². The third kappa shape index (κ3) is 6.72. The van der Waals surface area contributed by atoms with Gasteiger partial charge in [0.1, 0.15) is 0 Å². The van der Waals surface area contributed by atoms with Gasteiger partial charge in [-0.2, -0.15) is 0 Å². The van der Waals surface area contributed by atoms with Crippen LogP contribution in [-0.2, 0) is 9.47 Å². The lowest BCUT2D eigenvalue weighted by molar-refractivity contribution is 0.00118. The fraction of sp³-hybridized carbons (Fsp3) is 1.00. The van der Waals surface area contributed by atoms with Crippen LogP contribution >= 0.6 is 0 Å². The lowest BCUT2D eigenvalue weighted by Gasteiger charge is -2.32. The van der Waals surface area contributed by atoms with Gasteiger partial charge in [0, 0.05) is 20.3 Å². The SMILES string of the molecule is COCCNCCCCOC1CCC(C)C(C)C1. The molecule has 3 unspecified atom stereocenters. The summed E-state index contributed by atoms with van der Waals surface area (Å²) in [5, 5.41) is 3.36. The summed E-state index contributed by atoms with van der Waals surface area (Å²) in [6, 6.07) is 0. The van der Waals surface area contributed by atoms with Crippen LogP contribution in [-0.4, -0.2) is 39.5 Å². The van der Waals surface area contributed by atoms with E-state index in [1.165, 1.54) is 32.1 Å². The van der Waals surface area contributed by atoms with E-state index < -0.39 is 0 Å². The highest BCUT2D eigenvalue weighted by Crippen LogP contribution is 2.30. The molecule has 1 fully saturated rings. The van der Waals surface area contributed by atoms with Crippen LogP contribution < -0.4 is 5.32 Å². The minimum atomic E-state index is 0.526. The van der Waals surface area contributed by atoms with Gasteiger partial charge >= 0.3 is 0 Å². The number of unbranched alkanes of at least 4 members (excludes halogenated alkanes) is 1. The Balaban J connectivity index is 1.89. The van der Waals surface area contributed by atoms with Gasteiger partial charge in [0.25, 0.3) is 0 Å². The average molecular weight is 257 g/mol. The first-order valence-electron chi connectivity index (χ1n) is 7.55. The Bertz CT molecular complexity index is 199. The molecule has 18 heavy (non-hydrogen) atoms. The van der Waals surface area contributed by atoms with Gasteiger partial charge < -0.3 is 14.8 Å². The van der Waals surface area contributed by atoms with E-state index in [1.54, 1.807) is 7.11 Å². The Kier molecular flexibility index (Phi) is 8.64. The molecule has 1 rings (SSSR count). The molecule has 108 valence electrons. The summed E-state index contributed by atoms with van der Waals surface area (Å²) in [7, 11) is 1.74. The van der Waals surface area contributed by atoms with E-state index in [2.05, 4.69) is 19.2 Å². The van der Waals surface area contributed by atoms with Crippen molar-refractivity contribution in [2.75, 3.05) is 33.4 Å². The van der Waals surface area contributed by atoms with E-state index >= 15 is 0 Å². The predicted octanol–water partition coefficient (Wildman–Crippen LogP) is 2.84. The molecule has 0 spiro atoms. The summed E-state index contributed by atoms with van der Waals surface area (Å²) in [5.41, 5.74) is 0. The second-order valence-electron chi connectivity index (χ2n) is 5.71. The first kappa shape index (κ1) is 15.9. The summed E-state index contributed by atoms with van der Waals surface area (Å²) in [5.74, 6) is 1.72. The monoisotopic (exact) mass is 257 g/mol. The highest BCUT2D eigenvalue weighted by Gasteiger charge is 2.24. The summed E-state index contributed by atoms with van der Waals surface area (Å²) in [6.07, 6.45) is 6.75. The zero-order chi connectivity index (χ0) is 13.2. The third-order valence-electron chi connectivity index (χ3n) is 4.13. The van der Waals surface area contributed by atoms with E-state index in [-0.39, 0.29) is 0 Å². The van der Waals surface area contributed by atoms with Crippen molar-refractivity contribution in [3.63, 3.8) is 0 Å². The lowest BCUT2D eigenvalue weighted by Crippen LogP contribution is -2.27. The maximum atomic E-state index is 5.98. The molecule has 0 saturated heterocycles. The van der Waals surface area contributed by atoms with E-state index in [0.717, 1.165) is 38.1 Å². The maximum absolute atomic E-state index is 5.98. The predicted molar refractivity (Wildman–Crippen MR) is 75.9 cm³/mol. The smallest absolute Gasteiger partial charge is 0.0587 e. The molecule has 0 aliphatic heterocycles. The molecule has 0 bridgehead atoms. The molecule has 1 saturated carbocycles. The van der Waals surface area contributed by atoms with Crippen LogP contribution in [0.2, 0.25) is 0 Å². The molecule has 1 aliphatic rings. The molecular weight excluding hydrogens is 226 g/mol. The molecule has 0 aromatic rings. The number of hydrogen-bond donors (Lipinski definition) is 1. The normalized spacial score (nSPS) is 28.5. The van der Waals surface area contributed by atoms with Gasteiger partial charge in [-0.05, 0) is 50.5 Å². The van der Waals surface area contributed by atoms with Crippen LogP contribution in [0.15, 0.2) is 0 Å². The number of hydrogen-bond acceptors (Lipinski definition) is 3. The molecular formula is C15H31NO2. The van der Waals surface area contributed by atoms with Crippen molar-refractivity contribution in [1.82, 2.24) is 5.32 Å². The molecule has 3 atom stereocenters. The van der Waals surface area contributed by atoms with Gasteiger partial charge in [-0.25, -0.2) is 0 Å². The van der Waals surface area contributed by atoms with E-state index in [9.17, 15) is 0 Å². The summed E-state index contributed by atoms with van der Waals surface area (Å²) in [4.78, 5) is 0. The highest BCUT2D eigenvalue weighted by molar-refractivity contribution is 4.75. The summed E-state index contributed by atoms with van der Waals surface area (Å²) < 4.78 is 11.0. The zero-order valence-corrected chi connectivity index (χ0v) is 12.4. The first-order chi connectivity index (χ1) is 8.74. The van der Waals surface area contributed by atoms with Crippen molar-refractivity contribution in [2.45, 2.75) is 52.1 Å². The molecule has 0 amide bonds. The van der Waals surface area contributed by atoms with Crippen molar-refractivity contribution < 1.29 is 9.47 Å². The molecule has 0 heterocycles. The van der Waals surface area contributed by atoms with Crippen molar-refractivity contribution >= 4 is 0 Å². The van der Waals surface area contributed by atoms with Crippen LogP contribution in [0.4, 0.5) is 0 Å².